The molecule has 0 unspecified atom stereocenters. The molecule has 0 spiro atoms. The topological polar surface area (TPSA) is 97.1 Å². The van der Waals surface area contributed by atoms with Gasteiger partial charge in [-0.15, -0.1) is 0 Å². The molecular weight excluding hydrogens is 356 g/mol. The summed E-state index contributed by atoms with van der Waals surface area (Å²) >= 11 is 3.44. The van der Waals surface area contributed by atoms with Crippen molar-refractivity contribution in [2.45, 2.75) is 18.9 Å². The molecule has 8 heteroatoms. The molecule has 1 heterocycles. The van der Waals surface area contributed by atoms with Crippen LogP contribution >= 0.6 is 15.9 Å². The van der Waals surface area contributed by atoms with Gasteiger partial charge in [0.25, 0.3) is 10.0 Å². The van der Waals surface area contributed by atoms with E-state index in [1.165, 1.54) is 6.20 Å². The predicted molar refractivity (Wildman–Crippen MR) is 86.5 cm³/mol. The SMILES string of the molecule is Cc1cc(NS(=O)(=O)c2ncccc2NN)cc(C)c1Br. The molecule has 0 saturated carbocycles. The lowest BCUT2D eigenvalue weighted by atomic mass is 10.1. The Labute approximate surface area is 131 Å². The predicted octanol–water partition coefficient (Wildman–Crippen LogP) is 2.55. The van der Waals surface area contributed by atoms with E-state index in [4.69, 9.17) is 5.84 Å². The van der Waals surface area contributed by atoms with E-state index in [1.54, 1.807) is 24.3 Å². The van der Waals surface area contributed by atoms with Crippen LogP contribution in [0.3, 0.4) is 0 Å². The van der Waals surface area contributed by atoms with Crippen LogP contribution in [0.5, 0.6) is 0 Å². The maximum absolute atomic E-state index is 12.4. The van der Waals surface area contributed by atoms with Crippen LogP contribution in [0.4, 0.5) is 11.4 Å². The minimum atomic E-state index is -3.82. The van der Waals surface area contributed by atoms with E-state index < -0.39 is 10.0 Å². The minimum absolute atomic E-state index is 0.147. The van der Waals surface area contributed by atoms with Crippen LogP contribution in [0.1, 0.15) is 11.1 Å². The van der Waals surface area contributed by atoms with E-state index in [9.17, 15) is 8.42 Å². The van der Waals surface area contributed by atoms with Crippen molar-refractivity contribution in [3.8, 4) is 0 Å². The Morgan fingerprint density at radius 3 is 2.43 bits per heavy atom. The quantitative estimate of drug-likeness (QED) is 0.567. The van der Waals surface area contributed by atoms with E-state index in [0.717, 1.165) is 15.6 Å². The van der Waals surface area contributed by atoms with Crippen LogP contribution in [-0.4, -0.2) is 13.4 Å². The molecule has 6 nitrogen and oxygen atoms in total. The number of nitrogens with one attached hydrogen (secondary N) is 2. The van der Waals surface area contributed by atoms with Crippen LogP contribution in [0, 0.1) is 13.8 Å². The fraction of sp³-hybridized carbons (Fsp3) is 0.154. The number of halogens is 1. The lowest BCUT2D eigenvalue weighted by molar-refractivity contribution is 0.598. The molecule has 112 valence electrons. The number of benzene rings is 1. The molecule has 21 heavy (non-hydrogen) atoms. The third kappa shape index (κ3) is 3.34. The second-order valence-electron chi connectivity index (χ2n) is 4.53. The molecule has 4 N–H and O–H groups in total. The Morgan fingerprint density at radius 2 is 1.86 bits per heavy atom. The summed E-state index contributed by atoms with van der Waals surface area (Å²) in [7, 11) is -3.82. The van der Waals surface area contributed by atoms with E-state index in [2.05, 4.69) is 31.1 Å². The average Bonchev–Trinajstić information content (AvgIpc) is 2.44. The highest BCUT2D eigenvalue weighted by Gasteiger charge is 2.20. The van der Waals surface area contributed by atoms with Crippen LogP contribution in [0.25, 0.3) is 0 Å². The number of pyridine rings is 1. The largest absolute Gasteiger partial charge is 0.321 e. The monoisotopic (exact) mass is 370 g/mol. The zero-order valence-electron chi connectivity index (χ0n) is 11.5. The van der Waals surface area contributed by atoms with Crippen molar-refractivity contribution < 1.29 is 8.42 Å². The van der Waals surface area contributed by atoms with Gasteiger partial charge in [-0.05, 0) is 49.2 Å². The molecule has 1 aromatic carbocycles. The van der Waals surface area contributed by atoms with Gasteiger partial charge >= 0.3 is 0 Å². The van der Waals surface area contributed by atoms with Gasteiger partial charge in [-0.3, -0.25) is 10.6 Å². The number of sulfonamides is 1. The Kier molecular flexibility index (Phi) is 4.50. The number of hydrogen-bond donors (Lipinski definition) is 3. The maximum Gasteiger partial charge on any atom is 0.281 e. The maximum atomic E-state index is 12.4. The van der Waals surface area contributed by atoms with Crippen molar-refractivity contribution >= 4 is 37.3 Å². The van der Waals surface area contributed by atoms with Gasteiger partial charge in [-0.2, -0.15) is 8.42 Å². The number of aromatic nitrogens is 1. The van der Waals surface area contributed by atoms with Gasteiger partial charge in [0.15, 0.2) is 0 Å². The highest BCUT2D eigenvalue weighted by atomic mass is 79.9. The molecule has 2 aromatic rings. The number of hydrazine groups is 1. The Bertz CT molecular complexity index is 754. The molecule has 0 bridgehead atoms. The van der Waals surface area contributed by atoms with Gasteiger partial charge in [-0.1, -0.05) is 15.9 Å². The van der Waals surface area contributed by atoms with Crippen molar-refractivity contribution in [1.82, 2.24) is 4.98 Å². The number of aryl methyl sites for hydroxylation is 2. The number of nitrogens with two attached hydrogens (primary N) is 1. The van der Waals surface area contributed by atoms with Crippen LogP contribution < -0.4 is 16.0 Å². The zero-order valence-corrected chi connectivity index (χ0v) is 13.9. The molecule has 0 atom stereocenters. The molecular formula is C13H15BrN4O2S. The third-order valence-corrected chi connectivity index (χ3v) is 5.46. The summed E-state index contributed by atoms with van der Waals surface area (Å²) in [5, 5.41) is -0.147. The van der Waals surface area contributed by atoms with Gasteiger partial charge in [0.2, 0.25) is 5.03 Å². The standard InChI is InChI=1S/C13H15BrN4O2S/c1-8-6-10(7-9(2)12(8)14)18-21(19,20)13-11(17-15)4-3-5-16-13/h3-7,17-18H,15H2,1-2H3. The van der Waals surface area contributed by atoms with E-state index in [1.807, 2.05) is 13.8 Å². The summed E-state index contributed by atoms with van der Waals surface area (Å²) in [4.78, 5) is 3.88. The smallest absolute Gasteiger partial charge is 0.281 e. The first-order valence-corrected chi connectivity index (χ1v) is 8.34. The second-order valence-corrected chi connectivity index (χ2v) is 6.92. The lowest BCUT2D eigenvalue weighted by Crippen LogP contribution is -2.19. The van der Waals surface area contributed by atoms with Crippen molar-refractivity contribution in [2.24, 2.45) is 5.84 Å². The first-order chi connectivity index (χ1) is 9.85. The summed E-state index contributed by atoms with van der Waals surface area (Å²) in [6.07, 6.45) is 1.40. The third-order valence-electron chi connectivity index (χ3n) is 2.87. The minimum Gasteiger partial charge on any atom is -0.321 e. The normalized spacial score (nSPS) is 11.2. The number of nitrogen functional groups attached to an aromatic ring is 1. The van der Waals surface area contributed by atoms with Crippen LogP contribution in [0.2, 0.25) is 0 Å². The van der Waals surface area contributed by atoms with Crippen LogP contribution in [-0.2, 0) is 10.0 Å². The molecule has 0 amide bonds. The molecule has 0 saturated heterocycles. The van der Waals surface area contributed by atoms with Gasteiger partial charge in [0.1, 0.15) is 0 Å². The molecule has 0 aliphatic heterocycles. The van der Waals surface area contributed by atoms with Gasteiger partial charge in [0.05, 0.1) is 5.69 Å². The van der Waals surface area contributed by atoms with E-state index in [0.29, 0.717) is 5.69 Å². The van der Waals surface area contributed by atoms with Crippen molar-refractivity contribution in [1.29, 1.82) is 0 Å². The fourth-order valence-corrected chi connectivity index (χ4v) is 3.29. The second kappa shape index (κ2) is 6.00. The number of nitrogens with zero attached hydrogens (tertiary/aromatic N) is 1. The number of hydrogen-bond acceptors (Lipinski definition) is 5. The lowest BCUT2D eigenvalue weighted by Gasteiger charge is -2.12. The Morgan fingerprint density at radius 1 is 1.24 bits per heavy atom. The van der Waals surface area contributed by atoms with E-state index in [-0.39, 0.29) is 10.7 Å². The molecule has 2 rings (SSSR count). The molecule has 1 aromatic heterocycles. The van der Waals surface area contributed by atoms with Crippen molar-refractivity contribution in [3.05, 3.63) is 46.1 Å². The highest BCUT2D eigenvalue weighted by molar-refractivity contribution is 9.10. The number of anilines is 2. The summed E-state index contributed by atoms with van der Waals surface area (Å²) in [5.41, 5.74) is 4.91. The van der Waals surface area contributed by atoms with Crippen molar-refractivity contribution in [2.75, 3.05) is 10.1 Å². The molecule has 0 fully saturated rings. The van der Waals surface area contributed by atoms with Gasteiger partial charge in [-0.25, -0.2) is 4.98 Å². The Hall–Kier alpha value is -1.64. The first-order valence-electron chi connectivity index (χ1n) is 6.06. The summed E-state index contributed by atoms with van der Waals surface area (Å²) in [6.45, 7) is 3.78. The summed E-state index contributed by atoms with van der Waals surface area (Å²) in [6, 6.07) is 6.63. The van der Waals surface area contributed by atoms with E-state index >= 15 is 0 Å². The summed E-state index contributed by atoms with van der Waals surface area (Å²) < 4.78 is 28.3. The highest BCUT2D eigenvalue weighted by Crippen LogP contribution is 2.27. The van der Waals surface area contributed by atoms with Crippen molar-refractivity contribution in [3.63, 3.8) is 0 Å². The average molecular weight is 371 g/mol. The molecule has 0 radical (unpaired) electrons. The zero-order chi connectivity index (χ0) is 15.6. The van der Waals surface area contributed by atoms with Gasteiger partial charge < -0.3 is 5.43 Å². The summed E-state index contributed by atoms with van der Waals surface area (Å²) in [5.74, 6) is 5.32. The molecule has 0 aliphatic carbocycles. The van der Waals surface area contributed by atoms with Crippen LogP contribution in [0.15, 0.2) is 40.0 Å². The van der Waals surface area contributed by atoms with Gasteiger partial charge in [0, 0.05) is 16.4 Å². The Balaban J connectivity index is 2.42. The number of rotatable bonds is 4. The fourth-order valence-electron chi connectivity index (χ4n) is 1.92. The molecule has 0 aliphatic rings. The first kappa shape index (κ1) is 15.7.